The molecule has 0 aliphatic rings. The molecular weight excluding hydrogens is 286 g/mol. The summed E-state index contributed by atoms with van der Waals surface area (Å²) in [6.45, 7) is 7.19. The van der Waals surface area contributed by atoms with E-state index in [9.17, 15) is 12.6 Å². The van der Waals surface area contributed by atoms with Crippen molar-refractivity contribution in [2.45, 2.75) is 32.6 Å². The zero-order valence-electron chi connectivity index (χ0n) is 11.6. The van der Waals surface area contributed by atoms with Crippen molar-refractivity contribution in [3.8, 4) is 0 Å². The zero-order chi connectivity index (χ0) is 15.0. The summed E-state index contributed by atoms with van der Waals surface area (Å²) in [5, 5.41) is 0. The number of sulfonamides is 1. The number of rotatable bonds is 4. The molecule has 0 saturated heterocycles. The van der Waals surface area contributed by atoms with Gasteiger partial charge in [-0.1, -0.05) is 0 Å². The number of nitrogens with two attached hydrogens (primary N) is 1. The monoisotopic (exact) mass is 305 g/mol. The number of hydrogen-bond donors (Lipinski definition) is 3. The number of hydrogen-bond acceptors (Lipinski definition) is 4. The van der Waals surface area contributed by atoms with Crippen LogP contribution in [-0.2, 0) is 21.2 Å². The van der Waals surface area contributed by atoms with Gasteiger partial charge in [-0.25, -0.2) is 17.3 Å². The van der Waals surface area contributed by atoms with Crippen LogP contribution in [0.5, 0.6) is 0 Å². The number of nitrogens with one attached hydrogen (secondary N) is 2. The van der Waals surface area contributed by atoms with E-state index in [1.807, 2.05) is 18.0 Å². The van der Waals surface area contributed by atoms with Crippen LogP contribution in [0.25, 0.3) is 0 Å². The van der Waals surface area contributed by atoms with E-state index in [2.05, 4.69) is 4.72 Å². The maximum atomic E-state index is 12.2. The van der Waals surface area contributed by atoms with E-state index < -0.39 is 21.2 Å². The van der Waals surface area contributed by atoms with Gasteiger partial charge in [-0.15, -0.1) is 4.13 Å². The van der Waals surface area contributed by atoms with E-state index in [0.717, 1.165) is 16.7 Å². The largest absolute Gasteiger partial charge is 0.397 e. The molecule has 0 bridgehead atoms. The van der Waals surface area contributed by atoms with Crippen molar-refractivity contribution in [2.75, 3.05) is 12.8 Å². The molecule has 1 aromatic carbocycles. The molecule has 8 heteroatoms. The Morgan fingerprint density at radius 3 is 1.95 bits per heavy atom. The first kappa shape index (κ1) is 16.1. The predicted octanol–water partition coefficient (Wildman–Crippen LogP) is 0.579. The van der Waals surface area contributed by atoms with Gasteiger partial charge in [-0.05, 0) is 57.0 Å². The van der Waals surface area contributed by atoms with Crippen LogP contribution in [0.15, 0.2) is 4.90 Å². The third kappa shape index (κ3) is 2.97. The Morgan fingerprint density at radius 1 is 1.00 bits per heavy atom. The van der Waals surface area contributed by atoms with Gasteiger partial charge in [0.05, 0.1) is 5.69 Å². The number of nitrogen functional groups attached to an aromatic ring is 1. The average molecular weight is 305 g/mol. The van der Waals surface area contributed by atoms with Gasteiger partial charge in [0.2, 0.25) is 0 Å². The Labute approximate surface area is 116 Å². The fraction of sp³-hybridized carbons (Fsp3) is 0.455. The molecule has 6 nitrogen and oxygen atoms in total. The second kappa shape index (κ2) is 5.58. The SMILES string of the molecule is CNS(=O)NS(=O)(=O)c1c(C)c(C)c(C)c(C)c1N. The highest BCUT2D eigenvalue weighted by Crippen LogP contribution is 2.31. The van der Waals surface area contributed by atoms with Crippen LogP contribution in [0.1, 0.15) is 22.3 Å². The summed E-state index contributed by atoms with van der Waals surface area (Å²) in [5.41, 5.74) is 9.23. The molecule has 19 heavy (non-hydrogen) atoms. The molecular formula is C11H19N3O3S2. The van der Waals surface area contributed by atoms with Gasteiger partial charge in [0.25, 0.3) is 10.0 Å². The van der Waals surface area contributed by atoms with E-state index in [0.29, 0.717) is 5.56 Å². The molecule has 1 atom stereocenters. The molecule has 0 saturated carbocycles. The third-order valence-electron chi connectivity index (χ3n) is 3.32. The van der Waals surface area contributed by atoms with Crippen LogP contribution in [0.4, 0.5) is 5.69 Å². The van der Waals surface area contributed by atoms with Gasteiger partial charge in [0, 0.05) is 0 Å². The molecule has 0 aliphatic heterocycles. The Balaban J connectivity index is 3.56. The fourth-order valence-electron chi connectivity index (χ4n) is 1.84. The first-order valence-electron chi connectivity index (χ1n) is 5.61. The van der Waals surface area contributed by atoms with E-state index in [1.165, 1.54) is 7.05 Å². The van der Waals surface area contributed by atoms with Crippen LogP contribution in [0.3, 0.4) is 0 Å². The van der Waals surface area contributed by atoms with Crippen molar-refractivity contribution >= 4 is 26.9 Å². The highest BCUT2D eigenvalue weighted by molar-refractivity contribution is 8.01. The van der Waals surface area contributed by atoms with Crippen LogP contribution < -0.4 is 14.6 Å². The van der Waals surface area contributed by atoms with Crippen molar-refractivity contribution in [1.82, 2.24) is 8.85 Å². The minimum absolute atomic E-state index is 0.00306. The maximum Gasteiger partial charge on any atom is 0.255 e. The van der Waals surface area contributed by atoms with Crippen molar-refractivity contribution in [2.24, 2.45) is 0 Å². The molecule has 0 spiro atoms. The Morgan fingerprint density at radius 2 is 1.47 bits per heavy atom. The second-order valence-electron chi connectivity index (χ2n) is 4.30. The minimum Gasteiger partial charge on any atom is -0.397 e. The summed E-state index contributed by atoms with van der Waals surface area (Å²) >= 11 is -1.88. The molecule has 0 amide bonds. The standard InChI is InChI=1S/C11H19N3O3S2/c1-6-7(2)9(4)11(10(12)8(6)3)19(16,17)14-18(15)13-5/h13-14H,12H2,1-5H3. The molecule has 1 rings (SSSR count). The van der Waals surface area contributed by atoms with Crippen molar-refractivity contribution in [1.29, 1.82) is 0 Å². The lowest BCUT2D eigenvalue weighted by Gasteiger charge is -2.18. The van der Waals surface area contributed by atoms with Crippen molar-refractivity contribution in [3.05, 3.63) is 22.3 Å². The summed E-state index contributed by atoms with van der Waals surface area (Å²) in [6.07, 6.45) is 0. The summed E-state index contributed by atoms with van der Waals surface area (Å²) in [7, 11) is -2.54. The van der Waals surface area contributed by atoms with Gasteiger partial charge in [-0.2, -0.15) is 0 Å². The fourth-order valence-corrected chi connectivity index (χ4v) is 4.30. The van der Waals surface area contributed by atoms with Gasteiger partial charge in [0.15, 0.2) is 11.2 Å². The Kier molecular flexibility index (Phi) is 4.72. The van der Waals surface area contributed by atoms with E-state index in [4.69, 9.17) is 5.73 Å². The van der Waals surface area contributed by atoms with Crippen LogP contribution >= 0.6 is 0 Å². The van der Waals surface area contributed by atoms with Gasteiger partial charge < -0.3 is 5.73 Å². The Bertz CT molecular complexity index is 610. The lowest BCUT2D eigenvalue weighted by atomic mass is 9.98. The van der Waals surface area contributed by atoms with Crippen molar-refractivity contribution in [3.63, 3.8) is 0 Å². The van der Waals surface area contributed by atoms with Crippen molar-refractivity contribution < 1.29 is 12.6 Å². The lowest BCUT2D eigenvalue weighted by Crippen LogP contribution is -2.33. The van der Waals surface area contributed by atoms with Crippen LogP contribution in [0.2, 0.25) is 0 Å². The van der Waals surface area contributed by atoms with Crippen LogP contribution in [-0.4, -0.2) is 19.7 Å². The van der Waals surface area contributed by atoms with E-state index in [-0.39, 0.29) is 10.6 Å². The highest BCUT2D eigenvalue weighted by atomic mass is 32.3. The topological polar surface area (TPSA) is 101 Å². The van der Waals surface area contributed by atoms with Gasteiger partial charge in [0.1, 0.15) is 4.90 Å². The second-order valence-corrected chi connectivity index (χ2v) is 7.33. The summed E-state index contributed by atoms with van der Waals surface area (Å²) in [5.74, 6) is 0. The minimum atomic E-state index is -3.93. The molecule has 108 valence electrons. The quantitative estimate of drug-likeness (QED) is 0.708. The normalized spacial score (nSPS) is 13.5. The first-order chi connectivity index (χ1) is 8.63. The molecule has 0 heterocycles. The van der Waals surface area contributed by atoms with Crippen LogP contribution in [0, 0.1) is 27.7 Å². The first-order valence-corrected chi connectivity index (χ1v) is 8.24. The summed E-state index contributed by atoms with van der Waals surface area (Å²) in [4.78, 5) is -0.00306. The lowest BCUT2D eigenvalue weighted by molar-refractivity contribution is 0.592. The smallest absolute Gasteiger partial charge is 0.255 e. The van der Waals surface area contributed by atoms with Gasteiger partial charge >= 0.3 is 0 Å². The zero-order valence-corrected chi connectivity index (χ0v) is 13.3. The molecule has 0 aromatic heterocycles. The molecule has 4 N–H and O–H groups in total. The third-order valence-corrected chi connectivity index (χ3v) is 6.23. The average Bonchev–Trinajstić information content (AvgIpc) is 2.33. The molecule has 1 aromatic rings. The summed E-state index contributed by atoms with van der Waals surface area (Å²) < 4.78 is 40.1. The highest BCUT2D eigenvalue weighted by Gasteiger charge is 2.25. The Hall–Kier alpha value is -0.960. The van der Waals surface area contributed by atoms with E-state index in [1.54, 1.807) is 13.8 Å². The molecule has 0 radical (unpaired) electrons. The predicted molar refractivity (Wildman–Crippen MR) is 77.3 cm³/mol. The van der Waals surface area contributed by atoms with E-state index >= 15 is 0 Å². The molecule has 0 aliphatic carbocycles. The summed E-state index contributed by atoms with van der Waals surface area (Å²) in [6, 6.07) is 0. The molecule has 0 fully saturated rings. The number of anilines is 1. The number of benzene rings is 1. The molecule has 1 unspecified atom stereocenters. The maximum absolute atomic E-state index is 12.2. The van der Waals surface area contributed by atoms with Gasteiger partial charge in [-0.3, -0.25) is 0 Å².